The molecule has 0 spiro atoms. The molecule has 0 fully saturated rings. The number of hydrogen-bond acceptors (Lipinski definition) is 3. The number of hydrogen-bond donors (Lipinski definition) is 1. The van der Waals surface area contributed by atoms with Gasteiger partial charge < -0.3 is 0 Å². The fourth-order valence-electron chi connectivity index (χ4n) is 1.34. The van der Waals surface area contributed by atoms with E-state index >= 15 is 0 Å². The van der Waals surface area contributed by atoms with Gasteiger partial charge in [0.05, 0.1) is 19.0 Å². The molecule has 0 amide bonds. The molecule has 0 saturated heterocycles. The van der Waals surface area contributed by atoms with Gasteiger partial charge in [-0.15, -0.1) is 11.3 Å². The van der Waals surface area contributed by atoms with Crippen molar-refractivity contribution in [3.8, 4) is 0 Å². The molecule has 1 aromatic carbocycles. The third-order valence-corrected chi connectivity index (χ3v) is 7.67. The van der Waals surface area contributed by atoms with Crippen LogP contribution in [0.15, 0.2) is 36.7 Å². The van der Waals surface area contributed by atoms with E-state index in [0.29, 0.717) is 15.2 Å². The molecule has 2 aromatic rings. The molecular weight excluding hydrogens is 438 g/mol. The predicted molar refractivity (Wildman–Crippen MR) is 86.7 cm³/mol. The Morgan fingerprint density at radius 2 is 2.00 bits per heavy atom. The number of sulfonamides is 1. The van der Waals surface area contributed by atoms with Crippen LogP contribution in [0.4, 0.5) is 5.69 Å². The van der Waals surface area contributed by atoms with Crippen LogP contribution in [0.3, 0.4) is 0 Å². The van der Waals surface area contributed by atoms with E-state index in [1.165, 1.54) is 11.3 Å². The molecule has 3 nitrogen and oxygen atoms in total. The van der Waals surface area contributed by atoms with Gasteiger partial charge in [0, 0.05) is 0 Å². The molecule has 0 aliphatic carbocycles. The fourth-order valence-corrected chi connectivity index (χ4v) is 5.31. The molecule has 0 aliphatic heterocycles. The molecule has 2 rings (SSSR count). The Balaban J connectivity index is 2.39. The summed E-state index contributed by atoms with van der Waals surface area (Å²) in [5.41, 5.74) is 1.30. The number of benzene rings is 1. The third kappa shape index (κ3) is 3.33. The number of rotatable bonds is 3. The largest absolute Gasteiger partial charge is 0.278 e. The third-order valence-electron chi connectivity index (χ3n) is 2.30. The van der Waals surface area contributed by atoms with Gasteiger partial charge in [0.25, 0.3) is 10.0 Å². The number of halogens is 3. The average Bonchev–Trinajstić information content (AvgIpc) is 2.66. The summed E-state index contributed by atoms with van der Waals surface area (Å²) in [7, 11) is -3.60. The van der Waals surface area contributed by atoms with Crippen molar-refractivity contribution in [2.75, 3.05) is 4.72 Å². The molecular formula is C11H8Br2ClNO2S2. The molecule has 1 N–H and O–H groups in total. The number of aryl methyl sites for hydroxylation is 1. The van der Waals surface area contributed by atoms with Crippen molar-refractivity contribution in [3.05, 3.63) is 43.1 Å². The first kappa shape index (κ1) is 15.3. The van der Waals surface area contributed by atoms with Crippen LogP contribution >= 0.6 is 54.8 Å². The first-order valence-corrected chi connectivity index (χ1v) is 9.30. The summed E-state index contributed by atoms with van der Waals surface area (Å²) in [6.45, 7) is 1.84. The Morgan fingerprint density at radius 3 is 2.58 bits per heavy atom. The SMILES string of the molecule is Cc1cc(S(=O)(=O)Nc2cccc(Cl)c2Br)sc1Br. The number of anilines is 1. The lowest BCUT2D eigenvalue weighted by Crippen LogP contribution is -2.11. The Bertz CT molecular complexity index is 709. The minimum Gasteiger partial charge on any atom is -0.278 e. The molecule has 0 bridgehead atoms. The van der Waals surface area contributed by atoms with Crippen LogP contribution in [0.2, 0.25) is 5.02 Å². The summed E-state index contributed by atoms with van der Waals surface area (Å²) in [4.78, 5) is 0. The van der Waals surface area contributed by atoms with E-state index in [2.05, 4.69) is 36.6 Å². The van der Waals surface area contributed by atoms with Gasteiger partial charge in [0.15, 0.2) is 0 Å². The van der Waals surface area contributed by atoms with Gasteiger partial charge in [-0.25, -0.2) is 8.42 Å². The van der Waals surface area contributed by atoms with Crippen LogP contribution in [-0.4, -0.2) is 8.42 Å². The number of thiophene rings is 1. The summed E-state index contributed by atoms with van der Waals surface area (Å²) in [6, 6.07) is 6.62. The molecule has 0 radical (unpaired) electrons. The van der Waals surface area contributed by atoms with Crippen molar-refractivity contribution < 1.29 is 8.42 Å². The van der Waals surface area contributed by atoms with Crippen LogP contribution in [0, 0.1) is 6.92 Å². The maximum atomic E-state index is 12.2. The van der Waals surface area contributed by atoms with Crippen LogP contribution < -0.4 is 4.72 Å². The Labute approximate surface area is 137 Å². The second-order valence-corrected chi connectivity index (χ2v) is 9.21. The van der Waals surface area contributed by atoms with Crippen molar-refractivity contribution in [1.82, 2.24) is 0 Å². The van der Waals surface area contributed by atoms with Gasteiger partial charge in [-0.2, -0.15) is 0 Å². The van der Waals surface area contributed by atoms with E-state index in [-0.39, 0.29) is 4.21 Å². The highest BCUT2D eigenvalue weighted by Gasteiger charge is 2.19. The van der Waals surface area contributed by atoms with E-state index in [1.54, 1.807) is 24.3 Å². The zero-order valence-corrected chi connectivity index (χ0v) is 15.1. The number of nitrogens with one attached hydrogen (secondary N) is 1. The van der Waals surface area contributed by atoms with E-state index in [1.807, 2.05) is 6.92 Å². The first-order chi connectivity index (χ1) is 8.81. The van der Waals surface area contributed by atoms with Crippen LogP contribution in [0.5, 0.6) is 0 Å². The molecule has 1 heterocycles. The van der Waals surface area contributed by atoms with Crippen molar-refractivity contribution in [3.63, 3.8) is 0 Å². The summed E-state index contributed by atoms with van der Waals surface area (Å²) in [6.07, 6.45) is 0. The van der Waals surface area contributed by atoms with E-state index < -0.39 is 10.0 Å². The highest BCUT2D eigenvalue weighted by Crippen LogP contribution is 2.34. The Kier molecular flexibility index (Phi) is 4.62. The maximum Gasteiger partial charge on any atom is 0.271 e. The van der Waals surface area contributed by atoms with Gasteiger partial charge >= 0.3 is 0 Å². The Hall–Kier alpha value is -0.0800. The van der Waals surface area contributed by atoms with Gasteiger partial charge in [0.2, 0.25) is 0 Å². The quantitative estimate of drug-likeness (QED) is 0.720. The summed E-state index contributed by atoms with van der Waals surface area (Å²) in [5.74, 6) is 0. The second-order valence-electron chi connectivity index (χ2n) is 3.73. The van der Waals surface area contributed by atoms with Crippen molar-refractivity contribution in [2.45, 2.75) is 11.1 Å². The van der Waals surface area contributed by atoms with Crippen molar-refractivity contribution in [1.29, 1.82) is 0 Å². The zero-order chi connectivity index (χ0) is 14.2. The fraction of sp³-hybridized carbons (Fsp3) is 0.0909. The van der Waals surface area contributed by atoms with Crippen molar-refractivity contribution in [2.24, 2.45) is 0 Å². The molecule has 1 aromatic heterocycles. The lowest BCUT2D eigenvalue weighted by atomic mass is 10.3. The minimum atomic E-state index is -3.60. The monoisotopic (exact) mass is 443 g/mol. The summed E-state index contributed by atoms with van der Waals surface area (Å²) < 4.78 is 28.6. The van der Waals surface area contributed by atoms with Crippen molar-refractivity contribution >= 4 is 70.5 Å². The van der Waals surface area contributed by atoms with Crippen LogP contribution in [0.1, 0.15) is 5.56 Å². The normalized spacial score (nSPS) is 11.6. The van der Waals surface area contributed by atoms with Gasteiger partial charge in [-0.05, 0) is 62.5 Å². The predicted octanol–water partition coefficient (Wildman–Crippen LogP) is 5.04. The summed E-state index contributed by atoms with van der Waals surface area (Å²) in [5, 5.41) is 0.448. The van der Waals surface area contributed by atoms with E-state index in [4.69, 9.17) is 11.6 Å². The van der Waals surface area contributed by atoms with E-state index in [0.717, 1.165) is 9.35 Å². The smallest absolute Gasteiger partial charge is 0.271 e. The molecule has 0 aliphatic rings. The van der Waals surface area contributed by atoms with Gasteiger partial charge in [-0.1, -0.05) is 17.7 Å². The maximum absolute atomic E-state index is 12.2. The lowest BCUT2D eigenvalue weighted by Gasteiger charge is -2.08. The van der Waals surface area contributed by atoms with Crippen LogP contribution in [0.25, 0.3) is 0 Å². The average molecular weight is 446 g/mol. The minimum absolute atomic E-state index is 0.253. The molecule has 102 valence electrons. The van der Waals surface area contributed by atoms with Gasteiger partial charge in [0.1, 0.15) is 4.21 Å². The lowest BCUT2D eigenvalue weighted by molar-refractivity contribution is 0.603. The summed E-state index contributed by atoms with van der Waals surface area (Å²) >= 11 is 13.7. The molecule has 8 heteroatoms. The Morgan fingerprint density at radius 1 is 1.32 bits per heavy atom. The molecule has 0 unspecified atom stereocenters. The standard InChI is InChI=1S/C11H8Br2ClNO2S2/c1-6-5-9(18-11(6)13)19(16,17)15-8-4-2-3-7(14)10(8)12/h2-5,15H,1H3. The van der Waals surface area contributed by atoms with Crippen LogP contribution in [-0.2, 0) is 10.0 Å². The van der Waals surface area contributed by atoms with Gasteiger partial charge in [-0.3, -0.25) is 4.72 Å². The highest BCUT2D eigenvalue weighted by molar-refractivity contribution is 9.11. The molecule has 0 atom stereocenters. The van der Waals surface area contributed by atoms with E-state index in [9.17, 15) is 8.42 Å². The highest BCUT2D eigenvalue weighted by atomic mass is 79.9. The second kappa shape index (κ2) is 5.73. The molecule has 19 heavy (non-hydrogen) atoms. The topological polar surface area (TPSA) is 46.2 Å². The molecule has 0 saturated carbocycles. The zero-order valence-electron chi connectivity index (χ0n) is 9.58. The first-order valence-electron chi connectivity index (χ1n) is 5.04.